The first-order chi connectivity index (χ1) is 16.3. The van der Waals surface area contributed by atoms with Crippen LogP contribution in [-0.4, -0.2) is 31.2 Å². The molecule has 0 aliphatic rings. The van der Waals surface area contributed by atoms with Crippen LogP contribution in [0.25, 0.3) is 22.1 Å². The van der Waals surface area contributed by atoms with E-state index >= 15 is 0 Å². The van der Waals surface area contributed by atoms with Gasteiger partial charge in [-0.3, -0.25) is 4.98 Å². The third-order valence-corrected chi connectivity index (χ3v) is 5.90. The Balaban J connectivity index is 0.000000166. The SMILES string of the molecule is COCc1ccc2nc(N)n(C)c2c1Cl.Cn1c(N)nc2cc(Oc3cccnc3)cc(Cl)c21. The normalized spacial score (nSPS) is 11.0. The molecule has 5 aromatic rings. The number of halogens is 2. The maximum Gasteiger partial charge on any atom is 0.200 e. The molecule has 0 spiro atoms. The highest BCUT2D eigenvalue weighted by atomic mass is 35.5. The van der Waals surface area contributed by atoms with E-state index in [9.17, 15) is 0 Å². The van der Waals surface area contributed by atoms with Crippen molar-refractivity contribution < 1.29 is 9.47 Å². The average Bonchev–Trinajstić information content (AvgIpc) is 3.26. The second kappa shape index (κ2) is 9.76. The molecule has 0 bridgehead atoms. The molecule has 4 N–H and O–H groups in total. The van der Waals surface area contributed by atoms with E-state index in [-0.39, 0.29) is 0 Å². The van der Waals surface area contributed by atoms with E-state index in [2.05, 4.69) is 15.0 Å². The van der Waals surface area contributed by atoms with Crippen LogP contribution >= 0.6 is 23.2 Å². The zero-order valence-corrected chi connectivity index (χ0v) is 20.3. The molecule has 3 heterocycles. The molecular formula is C23H23Cl2N7O2. The van der Waals surface area contributed by atoms with Crippen LogP contribution in [0.3, 0.4) is 0 Å². The first-order valence-corrected chi connectivity index (χ1v) is 10.9. The number of imidazole rings is 2. The second-order valence-corrected chi connectivity index (χ2v) is 8.25. The van der Waals surface area contributed by atoms with Crippen molar-refractivity contribution in [2.24, 2.45) is 14.1 Å². The fourth-order valence-corrected chi connectivity index (χ4v) is 4.15. The molecule has 0 amide bonds. The lowest BCUT2D eigenvalue weighted by molar-refractivity contribution is 0.185. The standard InChI is InChI=1S/C13H11ClN4O.C10H12ClN3O/c1-18-12-10(14)5-9(6-11(12)17-13(18)15)19-8-3-2-4-16-7-8;1-14-9-7(13-10(14)12)4-3-6(5-15-2)8(9)11/h2-7H,1H3,(H2,15,17);3-4H,5H2,1-2H3,(H2,12,13). The van der Waals surface area contributed by atoms with Gasteiger partial charge in [0.25, 0.3) is 0 Å². The van der Waals surface area contributed by atoms with E-state index in [4.69, 9.17) is 44.1 Å². The van der Waals surface area contributed by atoms with Gasteiger partial charge in [-0.05, 0) is 23.8 Å². The van der Waals surface area contributed by atoms with Gasteiger partial charge in [0.15, 0.2) is 0 Å². The van der Waals surface area contributed by atoms with Crippen LogP contribution in [0.4, 0.5) is 11.9 Å². The number of benzene rings is 2. The highest BCUT2D eigenvalue weighted by Gasteiger charge is 2.13. The fraction of sp³-hybridized carbons (Fsp3) is 0.174. The zero-order valence-electron chi connectivity index (χ0n) is 18.8. The number of anilines is 2. The largest absolute Gasteiger partial charge is 0.456 e. The number of pyridine rings is 1. The van der Waals surface area contributed by atoms with Crippen molar-refractivity contribution in [2.75, 3.05) is 18.6 Å². The van der Waals surface area contributed by atoms with Crippen molar-refractivity contribution in [1.29, 1.82) is 0 Å². The highest BCUT2D eigenvalue weighted by Crippen LogP contribution is 2.32. The molecule has 0 saturated carbocycles. The second-order valence-electron chi connectivity index (χ2n) is 7.46. The summed E-state index contributed by atoms with van der Waals surface area (Å²) < 4.78 is 14.3. The molecule has 3 aromatic heterocycles. The molecular weight excluding hydrogens is 477 g/mol. The summed E-state index contributed by atoms with van der Waals surface area (Å²) in [5.74, 6) is 2.11. The van der Waals surface area contributed by atoms with Gasteiger partial charge in [-0.15, -0.1) is 0 Å². The lowest BCUT2D eigenvalue weighted by Crippen LogP contribution is -1.97. The minimum Gasteiger partial charge on any atom is -0.456 e. The first-order valence-electron chi connectivity index (χ1n) is 10.2. The van der Waals surface area contributed by atoms with Crippen LogP contribution < -0.4 is 16.2 Å². The van der Waals surface area contributed by atoms with E-state index in [0.717, 1.165) is 22.1 Å². The Morgan fingerprint density at radius 2 is 1.62 bits per heavy atom. The summed E-state index contributed by atoms with van der Waals surface area (Å²) in [6, 6.07) is 10.9. The number of methoxy groups -OCH3 is 1. The highest BCUT2D eigenvalue weighted by molar-refractivity contribution is 6.36. The number of hydrogen-bond donors (Lipinski definition) is 2. The maximum absolute atomic E-state index is 6.24. The number of fused-ring (bicyclic) bond motifs is 2. The predicted octanol–water partition coefficient (Wildman–Crippen LogP) is 4.95. The number of hydrogen-bond acceptors (Lipinski definition) is 7. The molecule has 0 unspecified atom stereocenters. The van der Waals surface area contributed by atoms with E-state index in [1.807, 2.05) is 32.3 Å². The Kier molecular flexibility index (Phi) is 6.78. The number of ether oxygens (including phenoxy) is 2. The molecule has 34 heavy (non-hydrogen) atoms. The van der Waals surface area contributed by atoms with Crippen LogP contribution in [0.15, 0.2) is 48.8 Å². The van der Waals surface area contributed by atoms with Gasteiger partial charge in [-0.25, -0.2) is 9.97 Å². The number of nitrogens with zero attached hydrogens (tertiary/aromatic N) is 5. The monoisotopic (exact) mass is 499 g/mol. The fourth-order valence-electron chi connectivity index (χ4n) is 3.48. The lowest BCUT2D eigenvalue weighted by atomic mass is 10.2. The molecule has 5 rings (SSSR count). The summed E-state index contributed by atoms with van der Waals surface area (Å²) in [5, 5.41) is 1.20. The van der Waals surface area contributed by atoms with Crippen LogP contribution in [0.2, 0.25) is 10.0 Å². The minimum atomic E-state index is 0.412. The van der Waals surface area contributed by atoms with Crippen molar-refractivity contribution in [3.05, 3.63) is 64.4 Å². The third-order valence-electron chi connectivity index (χ3n) is 5.19. The van der Waals surface area contributed by atoms with E-state index in [0.29, 0.717) is 45.6 Å². The van der Waals surface area contributed by atoms with Gasteiger partial charge in [0.05, 0.1) is 44.9 Å². The summed E-state index contributed by atoms with van der Waals surface area (Å²) >= 11 is 12.5. The Bertz CT molecular complexity index is 1470. The van der Waals surface area contributed by atoms with Gasteiger partial charge in [-0.1, -0.05) is 29.3 Å². The summed E-state index contributed by atoms with van der Waals surface area (Å²) in [5.41, 5.74) is 15.6. The predicted molar refractivity (Wildman–Crippen MR) is 135 cm³/mol. The molecule has 0 radical (unpaired) electrons. The molecule has 0 fully saturated rings. The maximum atomic E-state index is 6.24. The molecule has 0 aliphatic carbocycles. The molecule has 0 saturated heterocycles. The van der Waals surface area contributed by atoms with Crippen LogP contribution in [0.5, 0.6) is 11.5 Å². The van der Waals surface area contributed by atoms with Crippen molar-refractivity contribution in [2.45, 2.75) is 6.61 Å². The quantitative estimate of drug-likeness (QED) is 0.358. The van der Waals surface area contributed by atoms with Gasteiger partial charge in [-0.2, -0.15) is 0 Å². The Morgan fingerprint density at radius 1 is 0.912 bits per heavy atom. The Hall–Kier alpha value is -3.53. The van der Waals surface area contributed by atoms with Gasteiger partial charge in [0, 0.05) is 39.5 Å². The zero-order chi connectivity index (χ0) is 24.4. The van der Waals surface area contributed by atoms with E-state index in [1.54, 1.807) is 46.8 Å². The van der Waals surface area contributed by atoms with Crippen LogP contribution in [0, 0.1) is 0 Å². The number of aromatic nitrogens is 5. The van der Waals surface area contributed by atoms with Gasteiger partial charge >= 0.3 is 0 Å². The van der Waals surface area contributed by atoms with Gasteiger partial charge in [0.2, 0.25) is 11.9 Å². The van der Waals surface area contributed by atoms with Crippen LogP contribution in [0.1, 0.15) is 5.56 Å². The number of rotatable bonds is 4. The van der Waals surface area contributed by atoms with Crippen molar-refractivity contribution in [1.82, 2.24) is 24.1 Å². The molecule has 9 nitrogen and oxygen atoms in total. The topological polar surface area (TPSA) is 119 Å². The van der Waals surface area contributed by atoms with E-state index in [1.165, 1.54) is 0 Å². The number of aryl methyl sites for hydroxylation is 2. The van der Waals surface area contributed by atoms with Crippen molar-refractivity contribution >= 4 is 57.2 Å². The van der Waals surface area contributed by atoms with Crippen molar-refractivity contribution in [3.8, 4) is 11.5 Å². The van der Waals surface area contributed by atoms with Gasteiger partial charge < -0.3 is 30.1 Å². The molecule has 2 aromatic carbocycles. The minimum absolute atomic E-state index is 0.412. The number of nitrogen functional groups attached to an aromatic ring is 2. The molecule has 176 valence electrons. The van der Waals surface area contributed by atoms with E-state index < -0.39 is 0 Å². The summed E-state index contributed by atoms with van der Waals surface area (Å²) in [6.07, 6.45) is 3.31. The summed E-state index contributed by atoms with van der Waals surface area (Å²) in [6.45, 7) is 0.486. The van der Waals surface area contributed by atoms with Crippen LogP contribution in [-0.2, 0) is 25.4 Å². The summed E-state index contributed by atoms with van der Waals surface area (Å²) in [4.78, 5) is 12.4. The smallest absolute Gasteiger partial charge is 0.200 e. The van der Waals surface area contributed by atoms with Crippen molar-refractivity contribution in [3.63, 3.8) is 0 Å². The molecule has 0 aliphatic heterocycles. The number of nitrogens with two attached hydrogens (primary N) is 2. The third kappa shape index (κ3) is 4.58. The Morgan fingerprint density at radius 3 is 2.29 bits per heavy atom. The average molecular weight is 500 g/mol. The lowest BCUT2D eigenvalue weighted by Gasteiger charge is -2.06. The first kappa shape index (κ1) is 23.6. The summed E-state index contributed by atoms with van der Waals surface area (Å²) in [7, 11) is 5.30. The molecule has 0 atom stereocenters. The Labute approximate surface area is 205 Å². The van der Waals surface area contributed by atoms with Gasteiger partial charge in [0.1, 0.15) is 11.5 Å². The molecule has 11 heteroatoms.